The van der Waals surface area contributed by atoms with Crippen LogP contribution in [0.25, 0.3) is 0 Å². The van der Waals surface area contributed by atoms with Crippen LogP contribution in [0.5, 0.6) is 0 Å². The van der Waals surface area contributed by atoms with Crippen molar-refractivity contribution in [2.75, 3.05) is 6.61 Å². The molecule has 0 atom stereocenters. The van der Waals surface area contributed by atoms with Gasteiger partial charge in [-0.1, -0.05) is 33.1 Å². The van der Waals surface area contributed by atoms with Crippen molar-refractivity contribution in [3.05, 3.63) is 12.0 Å². The molecule has 1 rings (SSSR count). The van der Waals surface area contributed by atoms with Gasteiger partial charge in [-0.3, -0.25) is 4.79 Å². The monoisotopic (exact) mass is 239 g/mol. The van der Waals surface area contributed by atoms with Gasteiger partial charge in [-0.15, -0.1) is 0 Å². The molecule has 17 heavy (non-hydrogen) atoms. The van der Waals surface area contributed by atoms with Crippen LogP contribution in [0.3, 0.4) is 0 Å². The van der Waals surface area contributed by atoms with Crippen molar-refractivity contribution in [3.63, 3.8) is 0 Å². The fourth-order valence-electron chi connectivity index (χ4n) is 2.02. The van der Waals surface area contributed by atoms with Crippen molar-refractivity contribution in [2.24, 2.45) is 5.92 Å². The molecule has 1 aliphatic rings. The number of ether oxygens (including phenoxy) is 1. The normalized spacial score (nSPS) is 18.2. The van der Waals surface area contributed by atoms with E-state index in [1.54, 1.807) is 6.08 Å². The van der Waals surface area contributed by atoms with E-state index in [4.69, 9.17) is 4.74 Å². The average Bonchev–Trinajstić information content (AvgIpc) is 2.30. The third-order valence-corrected chi connectivity index (χ3v) is 3.09. The van der Waals surface area contributed by atoms with Crippen molar-refractivity contribution in [3.8, 4) is 0 Å². The molecule has 0 heterocycles. The molecule has 98 valence electrons. The summed E-state index contributed by atoms with van der Waals surface area (Å²) in [7, 11) is 0. The van der Waals surface area contributed by atoms with Gasteiger partial charge in [0.25, 0.3) is 0 Å². The van der Waals surface area contributed by atoms with E-state index in [1.807, 2.05) is 20.8 Å². The number of carbonyl (C=O) groups excluding carboxylic acids is 1. The summed E-state index contributed by atoms with van der Waals surface area (Å²) in [6.45, 7) is 6.35. The molecule has 1 fully saturated rings. The zero-order chi connectivity index (χ0) is 12.7. The summed E-state index contributed by atoms with van der Waals surface area (Å²) in [4.78, 5) is 11.7. The van der Waals surface area contributed by atoms with E-state index in [1.165, 1.54) is 32.1 Å². The summed E-state index contributed by atoms with van der Waals surface area (Å²) >= 11 is 0. The molecule has 3 heteroatoms. The molecule has 0 bridgehead atoms. The summed E-state index contributed by atoms with van der Waals surface area (Å²) in [5, 5.41) is 3.36. The molecule has 0 aromatic carbocycles. The van der Waals surface area contributed by atoms with Gasteiger partial charge in [0.05, 0.1) is 6.61 Å². The maximum Gasteiger partial charge on any atom is 0.190 e. The lowest BCUT2D eigenvalue weighted by molar-refractivity contribution is -0.117. The molecule has 0 unspecified atom stereocenters. The van der Waals surface area contributed by atoms with E-state index in [-0.39, 0.29) is 11.7 Å². The van der Waals surface area contributed by atoms with Gasteiger partial charge in [0.2, 0.25) is 0 Å². The van der Waals surface area contributed by atoms with E-state index in [9.17, 15) is 4.79 Å². The molecule has 0 saturated heterocycles. The maximum absolute atomic E-state index is 11.7. The highest BCUT2D eigenvalue weighted by Gasteiger charge is 2.15. The van der Waals surface area contributed by atoms with Gasteiger partial charge in [0.15, 0.2) is 11.7 Å². The first-order valence-corrected chi connectivity index (χ1v) is 6.78. The Hall–Kier alpha value is -0.990. The molecular weight excluding hydrogens is 214 g/mol. The topological polar surface area (TPSA) is 38.3 Å². The van der Waals surface area contributed by atoms with Gasteiger partial charge in [0.1, 0.15) is 0 Å². The van der Waals surface area contributed by atoms with E-state index in [0.717, 1.165) is 0 Å². The predicted molar refractivity (Wildman–Crippen MR) is 69.6 cm³/mol. The van der Waals surface area contributed by atoms with Crippen LogP contribution in [0.1, 0.15) is 52.9 Å². The number of allylic oxidation sites excluding steroid dienone is 1. The Labute approximate surface area is 105 Å². The molecule has 0 aromatic heterocycles. The van der Waals surface area contributed by atoms with Crippen LogP contribution in [-0.2, 0) is 9.53 Å². The van der Waals surface area contributed by atoms with Crippen LogP contribution in [0.4, 0.5) is 0 Å². The van der Waals surface area contributed by atoms with Gasteiger partial charge in [0, 0.05) is 18.0 Å². The smallest absolute Gasteiger partial charge is 0.190 e. The lowest BCUT2D eigenvalue weighted by Crippen LogP contribution is -2.32. The molecule has 0 radical (unpaired) electrons. The second-order valence-electron chi connectivity index (χ2n) is 4.98. The molecule has 1 saturated carbocycles. The highest BCUT2D eigenvalue weighted by Crippen LogP contribution is 2.18. The predicted octanol–water partition coefficient (Wildman–Crippen LogP) is 3.01. The quantitative estimate of drug-likeness (QED) is 0.572. The minimum absolute atomic E-state index is 0.0265. The third-order valence-electron chi connectivity index (χ3n) is 3.09. The summed E-state index contributed by atoms with van der Waals surface area (Å²) in [5.74, 6) is 0.800. The number of hydrogen-bond acceptors (Lipinski definition) is 3. The van der Waals surface area contributed by atoms with Crippen LogP contribution in [0, 0.1) is 5.92 Å². The summed E-state index contributed by atoms with van der Waals surface area (Å²) in [5.41, 5.74) is 0. The number of carbonyl (C=O) groups is 1. The first-order valence-electron chi connectivity index (χ1n) is 6.78. The second kappa shape index (κ2) is 7.36. The SMILES string of the molecule is CCO/C(=C\C(=O)C(C)C)NC1CCCCC1. The van der Waals surface area contributed by atoms with Crippen molar-refractivity contribution < 1.29 is 9.53 Å². The van der Waals surface area contributed by atoms with E-state index < -0.39 is 0 Å². The Balaban J connectivity index is 2.54. The Morgan fingerprint density at radius 2 is 2.00 bits per heavy atom. The van der Waals surface area contributed by atoms with Gasteiger partial charge < -0.3 is 10.1 Å². The molecule has 0 spiro atoms. The lowest BCUT2D eigenvalue weighted by atomic mass is 9.95. The first-order chi connectivity index (χ1) is 8.13. The summed E-state index contributed by atoms with van der Waals surface area (Å²) in [6.07, 6.45) is 7.85. The summed E-state index contributed by atoms with van der Waals surface area (Å²) in [6, 6.07) is 0.474. The fraction of sp³-hybridized carbons (Fsp3) is 0.786. The molecule has 1 aliphatic carbocycles. The standard InChI is InChI=1S/C14H25NO2/c1-4-17-14(10-13(16)11(2)3)15-12-8-6-5-7-9-12/h10-12,15H,4-9H2,1-3H3/b14-10-. The largest absolute Gasteiger partial charge is 0.479 e. The van der Waals surface area contributed by atoms with Gasteiger partial charge in [-0.2, -0.15) is 0 Å². The van der Waals surface area contributed by atoms with E-state index >= 15 is 0 Å². The Morgan fingerprint density at radius 3 is 2.53 bits per heavy atom. The number of ketones is 1. The van der Waals surface area contributed by atoms with Gasteiger partial charge >= 0.3 is 0 Å². The van der Waals surface area contributed by atoms with E-state index in [2.05, 4.69) is 5.32 Å². The maximum atomic E-state index is 11.7. The minimum atomic E-state index is 0.0265. The number of hydrogen-bond donors (Lipinski definition) is 1. The van der Waals surface area contributed by atoms with Crippen LogP contribution in [-0.4, -0.2) is 18.4 Å². The molecule has 0 aliphatic heterocycles. The van der Waals surface area contributed by atoms with Gasteiger partial charge in [-0.25, -0.2) is 0 Å². The fourth-order valence-corrected chi connectivity index (χ4v) is 2.02. The van der Waals surface area contributed by atoms with Gasteiger partial charge in [-0.05, 0) is 19.8 Å². The first kappa shape index (κ1) is 14.1. The Morgan fingerprint density at radius 1 is 1.35 bits per heavy atom. The van der Waals surface area contributed by atoms with Crippen molar-refractivity contribution in [1.82, 2.24) is 5.32 Å². The third kappa shape index (κ3) is 5.24. The average molecular weight is 239 g/mol. The number of rotatable bonds is 6. The molecule has 1 N–H and O–H groups in total. The molecule has 3 nitrogen and oxygen atoms in total. The summed E-state index contributed by atoms with van der Waals surface area (Å²) < 4.78 is 5.49. The Kier molecular flexibility index (Phi) is 6.09. The zero-order valence-electron chi connectivity index (χ0n) is 11.3. The molecule has 0 amide bonds. The minimum Gasteiger partial charge on any atom is -0.479 e. The van der Waals surface area contributed by atoms with Crippen molar-refractivity contribution in [1.29, 1.82) is 0 Å². The highest BCUT2D eigenvalue weighted by molar-refractivity contribution is 5.91. The lowest BCUT2D eigenvalue weighted by Gasteiger charge is -2.25. The van der Waals surface area contributed by atoms with Crippen molar-refractivity contribution in [2.45, 2.75) is 58.9 Å². The Bertz CT molecular complexity index is 265. The van der Waals surface area contributed by atoms with Crippen LogP contribution >= 0.6 is 0 Å². The van der Waals surface area contributed by atoms with Crippen LogP contribution < -0.4 is 5.32 Å². The zero-order valence-corrected chi connectivity index (χ0v) is 11.3. The molecule has 0 aromatic rings. The van der Waals surface area contributed by atoms with Crippen LogP contribution in [0.15, 0.2) is 12.0 Å². The molecular formula is C14H25NO2. The second-order valence-corrected chi connectivity index (χ2v) is 4.98. The highest BCUT2D eigenvalue weighted by atomic mass is 16.5. The number of nitrogens with one attached hydrogen (secondary N) is 1. The van der Waals surface area contributed by atoms with E-state index in [0.29, 0.717) is 18.5 Å². The van der Waals surface area contributed by atoms with Crippen molar-refractivity contribution >= 4 is 5.78 Å². The van der Waals surface area contributed by atoms with Crippen LogP contribution in [0.2, 0.25) is 0 Å².